The summed E-state index contributed by atoms with van der Waals surface area (Å²) >= 11 is 1.23. The van der Waals surface area contributed by atoms with Gasteiger partial charge in [-0.15, -0.1) is 0 Å². The van der Waals surface area contributed by atoms with Gasteiger partial charge in [0.15, 0.2) is 0 Å². The van der Waals surface area contributed by atoms with Crippen LogP contribution in [0.3, 0.4) is 0 Å². The molecule has 0 saturated carbocycles. The molecular formula is C25H22N2O5S. The number of benzene rings is 3. The van der Waals surface area contributed by atoms with Crippen LogP contribution >= 0.6 is 11.8 Å². The second-order valence-electron chi connectivity index (χ2n) is 6.95. The Morgan fingerprint density at radius 3 is 2.06 bits per heavy atom. The van der Waals surface area contributed by atoms with Crippen molar-refractivity contribution in [3.05, 3.63) is 83.4 Å². The molecule has 7 nitrogen and oxygen atoms in total. The number of nitrogens with zero attached hydrogens (tertiary/aromatic N) is 1. The van der Waals surface area contributed by atoms with Crippen molar-refractivity contribution in [3.63, 3.8) is 0 Å². The predicted octanol–water partition coefficient (Wildman–Crippen LogP) is 4.70. The molecule has 4 rings (SSSR count). The molecule has 8 heteroatoms. The van der Waals surface area contributed by atoms with E-state index in [4.69, 9.17) is 14.2 Å². The van der Waals surface area contributed by atoms with E-state index in [0.717, 1.165) is 9.80 Å². The average Bonchev–Trinajstić information content (AvgIpc) is 3.08. The van der Waals surface area contributed by atoms with Gasteiger partial charge in [0.1, 0.15) is 27.9 Å². The monoisotopic (exact) mass is 462 g/mol. The molecule has 0 atom stereocenters. The number of imide groups is 1. The van der Waals surface area contributed by atoms with Gasteiger partial charge in [-0.05, 0) is 48.5 Å². The summed E-state index contributed by atoms with van der Waals surface area (Å²) in [5, 5.41) is 3.13. The van der Waals surface area contributed by atoms with Crippen molar-refractivity contribution in [1.29, 1.82) is 0 Å². The minimum absolute atomic E-state index is 0.174. The second kappa shape index (κ2) is 9.70. The highest BCUT2D eigenvalue weighted by Gasteiger charge is 2.40. The summed E-state index contributed by atoms with van der Waals surface area (Å²) in [4.78, 5) is 29.2. The van der Waals surface area contributed by atoms with Crippen LogP contribution in [0.25, 0.3) is 0 Å². The fraction of sp³-hybridized carbons (Fsp3) is 0.120. The molecule has 168 valence electrons. The van der Waals surface area contributed by atoms with E-state index in [0.29, 0.717) is 33.5 Å². The molecule has 0 fully saturated rings. The molecule has 0 saturated heterocycles. The van der Waals surface area contributed by atoms with Crippen molar-refractivity contribution in [2.45, 2.75) is 4.90 Å². The molecule has 0 unspecified atom stereocenters. The molecule has 3 aromatic rings. The van der Waals surface area contributed by atoms with Crippen LogP contribution in [0.2, 0.25) is 0 Å². The first-order chi connectivity index (χ1) is 16.0. The maximum atomic E-state index is 13.5. The van der Waals surface area contributed by atoms with Crippen molar-refractivity contribution in [2.24, 2.45) is 0 Å². The normalized spacial score (nSPS) is 13.4. The number of nitrogens with one attached hydrogen (secondary N) is 1. The maximum absolute atomic E-state index is 13.5. The Kier molecular flexibility index (Phi) is 6.55. The number of anilines is 2. The van der Waals surface area contributed by atoms with E-state index < -0.39 is 11.8 Å². The van der Waals surface area contributed by atoms with E-state index in [1.165, 1.54) is 18.9 Å². The fourth-order valence-electron chi connectivity index (χ4n) is 3.32. The third-order valence-electron chi connectivity index (χ3n) is 5.00. The predicted molar refractivity (Wildman–Crippen MR) is 128 cm³/mol. The summed E-state index contributed by atoms with van der Waals surface area (Å²) in [5.74, 6) is 0.856. The Hall–Kier alpha value is -3.91. The molecule has 0 bridgehead atoms. The van der Waals surface area contributed by atoms with E-state index in [1.807, 2.05) is 30.3 Å². The molecule has 3 aromatic carbocycles. The Labute approximate surface area is 196 Å². The van der Waals surface area contributed by atoms with E-state index in [-0.39, 0.29) is 5.70 Å². The van der Waals surface area contributed by atoms with Crippen molar-refractivity contribution in [2.75, 3.05) is 31.5 Å². The summed E-state index contributed by atoms with van der Waals surface area (Å²) in [6.07, 6.45) is 0. The molecule has 1 aliphatic rings. The Balaban J connectivity index is 1.75. The highest BCUT2D eigenvalue weighted by atomic mass is 32.2. The van der Waals surface area contributed by atoms with Crippen molar-refractivity contribution in [3.8, 4) is 17.2 Å². The van der Waals surface area contributed by atoms with Crippen LogP contribution in [0.4, 0.5) is 11.4 Å². The van der Waals surface area contributed by atoms with E-state index in [2.05, 4.69) is 5.32 Å². The Morgan fingerprint density at radius 2 is 1.42 bits per heavy atom. The van der Waals surface area contributed by atoms with Crippen LogP contribution in [-0.2, 0) is 9.59 Å². The number of methoxy groups -OCH3 is 3. The van der Waals surface area contributed by atoms with Crippen LogP contribution in [0.15, 0.2) is 88.3 Å². The summed E-state index contributed by atoms with van der Waals surface area (Å²) in [6.45, 7) is 0. The second-order valence-corrected chi connectivity index (χ2v) is 8.04. The van der Waals surface area contributed by atoms with Gasteiger partial charge in [-0.25, -0.2) is 4.90 Å². The van der Waals surface area contributed by atoms with E-state index in [1.54, 1.807) is 56.7 Å². The average molecular weight is 463 g/mol. The summed E-state index contributed by atoms with van der Waals surface area (Å²) in [6, 6.07) is 21.4. The van der Waals surface area contributed by atoms with Gasteiger partial charge in [-0.1, -0.05) is 30.0 Å². The number of rotatable bonds is 8. The van der Waals surface area contributed by atoms with Gasteiger partial charge in [-0.2, -0.15) is 0 Å². The highest BCUT2D eigenvalue weighted by molar-refractivity contribution is 8.04. The molecule has 0 aliphatic carbocycles. The van der Waals surface area contributed by atoms with Crippen molar-refractivity contribution >= 4 is 35.0 Å². The van der Waals surface area contributed by atoms with Crippen LogP contribution in [0.5, 0.6) is 17.2 Å². The van der Waals surface area contributed by atoms with Gasteiger partial charge in [0.25, 0.3) is 11.8 Å². The number of thioether (sulfide) groups is 1. The zero-order chi connectivity index (χ0) is 23.4. The number of amides is 2. The Morgan fingerprint density at radius 1 is 0.758 bits per heavy atom. The van der Waals surface area contributed by atoms with Crippen LogP contribution in [-0.4, -0.2) is 33.1 Å². The summed E-state index contributed by atoms with van der Waals surface area (Å²) < 4.78 is 15.9. The van der Waals surface area contributed by atoms with Gasteiger partial charge in [-0.3, -0.25) is 9.59 Å². The maximum Gasteiger partial charge on any atom is 0.283 e. The molecule has 1 heterocycles. The quantitative estimate of drug-likeness (QED) is 0.486. The van der Waals surface area contributed by atoms with Gasteiger partial charge >= 0.3 is 0 Å². The lowest BCUT2D eigenvalue weighted by atomic mass is 10.2. The van der Waals surface area contributed by atoms with Gasteiger partial charge in [0.05, 0.1) is 32.7 Å². The van der Waals surface area contributed by atoms with Gasteiger partial charge < -0.3 is 19.5 Å². The standard InChI is InChI=1S/C25H22N2O5S/c1-30-17-11-9-16(10-12-17)27-24(28)22(23(25(27)29)33-19-7-5-4-6-8-19)26-20-14-13-18(31-2)15-21(20)32-3/h4-15,26H,1-3H3. The van der Waals surface area contributed by atoms with Crippen LogP contribution in [0, 0.1) is 0 Å². The van der Waals surface area contributed by atoms with Gasteiger partial charge in [0.2, 0.25) is 0 Å². The topological polar surface area (TPSA) is 77.1 Å². The first kappa shape index (κ1) is 22.3. The molecule has 33 heavy (non-hydrogen) atoms. The minimum Gasteiger partial charge on any atom is -0.497 e. The zero-order valence-electron chi connectivity index (χ0n) is 18.3. The molecule has 2 amide bonds. The highest BCUT2D eigenvalue weighted by Crippen LogP contribution is 2.39. The molecule has 0 radical (unpaired) electrons. The Bertz CT molecular complexity index is 1210. The lowest BCUT2D eigenvalue weighted by molar-refractivity contribution is -0.120. The number of carbonyl (C=O) groups is 2. The SMILES string of the molecule is COc1ccc(N2C(=O)C(Nc3ccc(OC)cc3OC)=C(Sc3ccccc3)C2=O)cc1. The summed E-state index contributed by atoms with van der Waals surface area (Å²) in [7, 11) is 4.64. The molecule has 1 aliphatic heterocycles. The van der Waals surface area contributed by atoms with E-state index in [9.17, 15) is 9.59 Å². The number of hydrogen-bond donors (Lipinski definition) is 1. The molecular weight excluding hydrogens is 440 g/mol. The first-order valence-electron chi connectivity index (χ1n) is 10.0. The van der Waals surface area contributed by atoms with Crippen molar-refractivity contribution < 1.29 is 23.8 Å². The fourth-order valence-corrected chi connectivity index (χ4v) is 4.27. The molecule has 1 N–H and O–H groups in total. The van der Waals surface area contributed by atoms with Crippen LogP contribution in [0.1, 0.15) is 0 Å². The first-order valence-corrected chi connectivity index (χ1v) is 10.9. The summed E-state index contributed by atoms with van der Waals surface area (Å²) in [5.41, 5.74) is 1.17. The third kappa shape index (κ3) is 4.51. The molecule has 0 spiro atoms. The number of hydrogen-bond acceptors (Lipinski definition) is 7. The minimum atomic E-state index is -0.457. The molecule has 0 aromatic heterocycles. The smallest absolute Gasteiger partial charge is 0.283 e. The van der Waals surface area contributed by atoms with Crippen LogP contribution < -0.4 is 24.4 Å². The van der Waals surface area contributed by atoms with Gasteiger partial charge in [0, 0.05) is 11.0 Å². The lowest BCUT2D eigenvalue weighted by Gasteiger charge is -2.16. The zero-order valence-corrected chi connectivity index (χ0v) is 19.1. The number of carbonyl (C=O) groups excluding carboxylic acids is 2. The van der Waals surface area contributed by atoms with E-state index >= 15 is 0 Å². The van der Waals surface area contributed by atoms with Crippen molar-refractivity contribution in [1.82, 2.24) is 0 Å². The third-order valence-corrected chi connectivity index (χ3v) is 6.09. The lowest BCUT2D eigenvalue weighted by Crippen LogP contribution is -2.32. The largest absolute Gasteiger partial charge is 0.497 e. The number of ether oxygens (including phenoxy) is 3.